The van der Waals surface area contributed by atoms with Crippen molar-refractivity contribution >= 4 is 0 Å². The first-order valence-electron chi connectivity index (χ1n) is 2.10. The zero-order valence-electron chi connectivity index (χ0n) is 4.05. The maximum atomic E-state index is 8.62. The highest BCUT2D eigenvalue weighted by Crippen LogP contribution is 2.01. The van der Waals surface area contributed by atoms with Gasteiger partial charge in [-0.15, -0.1) is 0 Å². The second-order valence-electron chi connectivity index (χ2n) is 1.35. The highest BCUT2D eigenvalue weighted by Gasteiger charge is 1.94. The zero-order chi connectivity index (χ0) is 5.98. The van der Waals surface area contributed by atoms with E-state index in [9.17, 15) is 0 Å². The molecule has 0 unspecified atom stereocenters. The zero-order valence-corrected chi connectivity index (χ0v) is 4.05. The minimum Gasteiger partial charge on any atom is -0.504 e. The third-order valence-corrected chi connectivity index (χ3v) is 0.764. The Morgan fingerprint density at radius 2 is 1.38 bits per heavy atom. The van der Waals surface area contributed by atoms with E-state index in [1.165, 1.54) is 12.2 Å². The van der Waals surface area contributed by atoms with E-state index in [0.29, 0.717) is 0 Å². The van der Waals surface area contributed by atoms with Gasteiger partial charge in [0.15, 0.2) is 11.5 Å². The van der Waals surface area contributed by atoms with Gasteiger partial charge in [0, 0.05) is 12.2 Å². The molecule has 0 heterocycles. The van der Waals surface area contributed by atoms with Gasteiger partial charge in [0.05, 0.1) is 0 Å². The van der Waals surface area contributed by atoms with E-state index >= 15 is 0 Å². The maximum absolute atomic E-state index is 8.62. The van der Waals surface area contributed by atoms with Crippen LogP contribution in [0.2, 0.25) is 0 Å². The van der Waals surface area contributed by atoms with Gasteiger partial charge >= 0.3 is 0 Å². The standard InChI is InChI=1S/C6H4O2/c7-5-3-1-2-4-6(5)8/h3-4,7-8H. The Bertz CT molecular complexity index is 199. The van der Waals surface area contributed by atoms with Crippen LogP contribution in [0.5, 0.6) is 0 Å². The van der Waals surface area contributed by atoms with Crippen LogP contribution >= 0.6 is 0 Å². The lowest BCUT2D eigenvalue weighted by Crippen LogP contribution is -1.83. The van der Waals surface area contributed by atoms with E-state index in [4.69, 9.17) is 10.2 Å². The number of aliphatic hydroxyl groups excluding tert-OH is 2. The maximum Gasteiger partial charge on any atom is 0.166 e. The molecule has 0 radical (unpaired) electrons. The van der Waals surface area contributed by atoms with Crippen LogP contribution in [0.1, 0.15) is 0 Å². The van der Waals surface area contributed by atoms with Gasteiger partial charge in [-0.3, -0.25) is 0 Å². The van der Waals surface area contributed by atoms with Crippen LogP contribution in [0.4, 0.5) is 0 Å². The van der Waals surface area contributed by atoms with Crippen LogP contribution in [-0.4, -0.2) is 10.2 Å². The molecule has 1 aliphatic rings. The van der Waals surface area contributed by atoms with Gasteiger partial charge in [-0.05, 0) is 0 Å². The van der Waals surface area contributed by atoms with Crippen molar-refractivity contribution < 1.29 is 10.2 Å². The Morgan fingerprint density at radius 1 is 1.00 bits per heavy atom. The highest BCUT2D eigenvalue weighted by molar-refractivity contribution is 5.25. The molecule has 1 aliphatic carbocycles. The molecule has 0 atom stereocenters. The molecule has 2 N–H and O–H groups in total. The molecular formula is C6H4O2. The number of aliphatic hydroxyl groups is 2. The smallest absolute Gasteiger partial charge is 0.166 e. The van der Waals surface area contributed by atoms with Gasteiger partial charge in [0.25, 0.3) is 0 Å². The fourth-order valence-electron chi connectivity index (χ4n) is 0.368. The molecule has 0 aromatic heterocycles. The quantitative estimate of drug-likeness (QED) is 0.457. The van der Waals surface area contributed by atoms with Crippen LogP contribution in [0.3, 0.4) is 0 Å². The molecule has 0 bridgehead atoms. The second kappa shape index (κ2) is 1.63. The summed E-state index contributed by atoms with van der Waals surface area (Å²) in [6.45, 7) is 0. The van der Waals surface area contributed by atoms with Gasteiger partial charge in [-0.2, -0.15) is 0 Å². The summed E-state index contributed by atoms with van der Waals surface area (Å²) in [6.07, 6.45) is 2.49. The van der Waals surface area contributed by atoms with Crippen molar-refractivity contribution in [2.45, 2.75) is 0 Å². The summed E-state index contributed by atoms with van der Waals surface area (Å²) < 4.78 is 0. The number of allylic oxidation sites excluding steroid dienone is 2. The van der Waals surface area contributed by atoms with E-state index in [1.807, 2.05) is 0 Å². The van der Waals surface area contributed by atoms with E-state index < -0.39 is 0 Å². The average Bonchev–Trinajstić information content (AvgIpc) is 1.77. The molecule has 0 amide bonds. The van der Waals surface area contributed by atoms with Gasteiger partial charge in [0.1, 0.15) is 0 Å². The molecule has 0 saturated heterocycles. The molecular weight excluding hydrogens is 104 g/mol. The molecule has 40 valence electrons. The molecule has 0 saturated carbocycles. The first kappa shape index (κ1) is 4.79. The molecule has 1 rings (SSSR count). The summed E-state index contributed by atoms with van der Waals surface area (Å²) in [5, 5.41) is 17.2. The molecule has 0 aromatic rings. The van der Waals surface area contributed by atoms with Crippen molar-refractivity contribution in [2.24, 2.45) is 0 Å². The van der Waals surface area contributed by atoms with E-state index in [2.05, 4.69) is 11.5 Å². The normalized spacial score (nSPS) is 15.5. The lowest BCUT2D eigenvalue weighted by Gasteiger charge is -1.91. The second-order valence-corrected chi connectivity index (χ2v) is 1.35. The third kappa shape index (κ3) is 0.662. The van der Waals surface area contributed by atoms with Crippen LogP contribution in [0.15, 0.2) is 35.1 Å². The highest BCUT2D eigenvalue weighted by atomic mass is 16.3. The predicted molar refractivity (Wildman–Crippen MR) is 28.4 cm³/mol. The Morgan fingerprint density at radius 3 is 1.62 bits per heavy atom. The molecule has 0 aromatic carbocycles. The first-order valence-corrected chi connectivity index (χ1v) is 2.10. The van der Waals surface area contributed by atoms with Crippen molar-refractivity contribution in [2.75, 3.05) is 0 Å². The molecule has 0 aliphatic heterocycles. The molecule has 0 fully saturated rings. The van der Waals surface area contributed by atoms with E-state index in [0.717, 1.165) is 0 Å². The fourth-order valence-corrected chi connectivity index (χ4v) is 0.368. The van der Waals surface area contributed by atoms with Crippen LogP contribution in [-0.2, 0) is 0 Å². The summed E-state index contributed by atoms with van der Waals surface area (Å²) in [5.74, 6) is -0.326. The largest absolute Gasteiger partial charge is 0.504 e. The molecule has 2 nitrogen and oxygen atoms in total. The van der Waals surface area contributed by atoms with Crippen LogP contribution in [0, 0.1) is 0 Å². The van der Waals surface area contributed by atoms with Crippen LogP contribution < -0.4 is 0 Å². The first-order chi connectivity index (χ1) is 3.80. The molecule has 8 heavy (non-hydrogen) atoms. The lowest BCUT2D eigenvalue weighted by atomic mass is 10.3. The van der Waals surface area contributed by atoms with Gasteiger partial charge in [0.2, 0.25) is 0 Å². The summed E-state index contributed by atoms with van der Waals surface area (Å²) >= 11 is 0. The minimum atomic E-state index is -0.163. The average molecular weight is 108 g/mol. The molecule has 2 heteroatoms. The topological polar surface area (TPSA) is 40.5 Å². The van der Waals surface area contributed by atoms with Gasteiger partial charge in [-0.1, -0.05) is 11.5 Å². The SMILES string of the molecule is OC1=C(O)C=C=C=C1. The van der Waals surface area contributed by atoms with Crippen LogP contribution in [0.25, 0.3) is 0 Å². The van der Waals surface area contributed by atoms with Crippen molar-refractivity contribution in [3.05, 3.63) is 35.1 Å². The number of rotatable bonds is 0. The fraction of sp³-hybridized carbons (Fsp3) is 0. The predicted octanol–water partition coefficient (Wildman–Crippen LogP) is 1.19. The van der Waals surface area contributed by atoms with Gasteiger partial charge < -0.3 is 10.2 Å². The molecule has 0 spiro atoms. The van der Waals surface area contributed by atoms with Crippen molar-refractivity contribution in [3.8, 4) is 0 Å². The Balaban J connectivity index is 3.10. The minimum absolute atomic E-state index is 0.163. The van der Waals surface area contributed by atoms with E-state index in [1.54, 1.807) is 0 Å². The monoisotopic (exact) mass is 108 g/mol. The number of hydrogen-bond acceptors (Lipinski definition) is 2. The van der Waals surface area contributed by atoms with Gasteiger partial charge in [-0.25, -0.2) is 0 Å². The summed E-state index contributed by atoms with van der Waals surface area (Å²) in [5.41, 5.74) is 4.93. The van der Waals surface area contributed by atoms with Crippen molar-refractivity contribution in [1.82, 2.24) is 0 Å². The summed E-state index contributed by atoms with van der Waals surface area (Å²) in [4.78, 5) is 0. The van der Waals surface area contributed by atoms with E-state index in [-0.39, 0.29) is 11.5 Å². The summed E-state index contributed by atoms with van der Waals surface area (Å²) in [7, 11) is 0. The van der Waals surface area contributed by atoms with Crippen molar-refractivity contribution in [3.63, 3.8) is 0 Å². The van der Waals surface area contributed by atoms with Crippen molar-refractivity contribution in [1.29, 1.82) is 0 Å². The Hall–Kier alpha value is -1.36. The number of hydrogen-bond donors (Lipinski definition) is 2. The Kier molecular flexibility index (Phi) is 0.974. The lowest BCUT2D eigenvalue weighted by molar-refractivity contribution is 0.351. The summed E-state index contributed by atoms with van der Waals surface area (Å²) in [6, 6.07) is 0. The third-order valence-electron chi connectivity index (χ3n) is 0.764. The Labute approximate surface area is 46.4 Å².